The third-order valence-corrected chi connectivity index (χ3v) is 6.42. The molecule has 3 N–H and O–H groups in total. The molecule has 2 rings (SSSR count). The standard InChI is InChI=1S/C15H28N2O5S/c1-13(2,3)22-12(18)17-8-4-5-15(19,11-17)14(16)6-9-23(20,21)10-7-14/h19H,4-11,16H2,1-3H3. The molecular weight excluding hydrogens is 320 g/mol. The zero-order valence-corrected chi connectivity index (χ0v) is 15.0. The van der Waals surface area contributed by atoms with Gasteiger partial charge in [-0.25, -0.2) is 13.2 Å². The fraction of sp³-hybridized carbons (Fsp3) is 0.933. The molecule has 0 aromatic carbocycles. The number of piperidine rings is 1. The van der Waals surface area contributed by atoms with Gasteiger partial charge in [-0.3, -0.25) is 0 Å². The molecule has 0 aliphatic carbocycles. The van der Waals surface area contributed by atoms with Crippen molar-refractivity contribution in [1.82, 2.24) is 4.90 Å². The predicted molar refractivity (Wildman–Crippen MR) is 86.8 cm³/mol. The summed E-state index contributed by atoms with van der Waals surface area (Å²) < 4.78 is 28.6. The second-order valence-corrected chi connectivity index (χ2v) is 10.1. The van der Waals surface area contributed by atoms with E-state index in [-0.39, 0.29) is 30.9 Å². The van der Waals surface area contributed by atoms with E-state index in [9.17, 15) is 18.3 Å². The lowest BCUT2D eigenvalue weighted by Crippen LogP contribution is -2.69. The number of β-amino-alcohol motifs (C(OH)–C–C–N with tert-alkyl or cyclic N) is 1. The fourth-order valence-electron chi connectivity index (χ4n) is 3.29. The van der Waals surface area contributed by atoms with Crippen molar-refractivity contribution in [3.8, 4) is 0 Å². The van der Waals surface area contributed by atoms with Gasteiger partial charge in [0.15, 0.2) is 0 Å². The van der Waals surface area contributed by atoms with E-state index in [2.05, 4.69) is 0 Å². The van der Waals surface area contributed by atoms with E-state index >= 15 is 0 Å². The highest BCUT2D eigenvalue weighted by atomic mass is 32.2. The number of aliphatic hydroxyl groups is 1. The Labute approximate surface area is 138 Å². The van der Waals surface area contributed by atoms with Crippen molar-refractivity contribution in [1.29, 1.82) is 0 Å². The van der Waals surface area contributed by atoms with Crippen LogP contribution in [0.1, 0.15) is 46.5 Å². The Morgan fingerprint density at radius 2 is 1.78 bits per heavy atom. The second-order valence-electron chi connectivity index (χ2n) is 7.84. The molecule has 2 saturated heterocycles. The first kappa shape index (κ1) is 18.5. The van der Waals surface area contributed by atoms with Crippen LogP contribution in [-0.4, -0.2) is 65.9 Å². The number of carbonyl (C=O) groups excluding carboxylic acids is 1. The summed E-state index contributed by atoms with van der Waals surface area (Å²) in [5.74, 6) is -0.0313. The molecule has 2 aliphatic rings. The lowest BCUT2D eigenvalue weighted by molar-refractivity contribution is -0.0916. The van der Waals surface area contributed by atoms with Gasteiger partial charge in [0.1, 0.15) is 21.0 Å². The van der Waals surface area contributed by atoms with Gasteiger partial charge in [0.25, 0.3) is 0 Å². The zero-order valence-electron chi connectivity index (χ0n) is 14.2. The van der Waals surface area contributed by atoms with Gasteiger partial charge in [-0.2, -0.15) is 0 Å². The molecule has 134 valence electrons. The lowest BCUT2D eigenvalue weighted by atomic mass is 9.71. The molecule has 2 heterocycles. The average molecular weight is 348 g/mol. The predicted octanol–water partition coefficient (Wildman–Crippen LogP) is 0.655. The van der Waals surface area contributed by atoms with Crippen molar-refractivity contribution in [3.63, 3.8) is 0 Å². The first-order valence-electron chi connectivity index (χ1n) is 8.06. The number of likely N-dealkylation sites (tertiary alicyclic amines) is 1. The van der Waals surface area contributed by atoms with E-state index in [0.717, 1.165) is 0 Å². The number of amides is 1. The summed E-state index contributed by atoms with van der Waals surface area (Å²) in [5.41, 5.74) is 3.51. The fourth-order valence-corrected chi connectivity index (χ4v) is 4.85. The number of hydrogen-bond donors (Lipinski definition) is 2. The quantitative estimate of drug-likeness (QED) is 0.720. The maximum atomic E-state index is 12.2. The summed E-state index contributed by atoms with van der Waals surface area (Å²) >= 11 is 0. The maximum Gasteiger partial charge on any atom is 0.410 e. The van der Waals surface area contributed by atoms with E-state index in [4.69, 9.17) is 10.5 Å². The maximum absolute atomic E-state index is 12.2. The summed E-state index contributed by atoms with van der Waals surface area (Å²) in [6.45, 7) is 5.95. The Morgan fingerprint density at radius 3 is 2.30 bits per heavy atom. The van der Waals surface area contributed by atoms with E-state index in [1.54, 1.807) is 20.8 Å². The van der Waals surface area contributed by atoms with Crippen LogP contribution in [0, 0.1) is 0 Å². The van der Waals surface area contributed by atoms with Crippen LogP contribution in [0.3, 0.4) is 0 Å². The van der Waals surface area contributed by atoms with Gasteiger partial charge in [-0.1, -0.05) is 0 Å². The first-order valence-corrected chi connectivity index (χ1v) is 9.88. The number of sulfone groups is 1. The molecule has 0 bridgehead atoms. The number of rotatable bonds is 1. The van der Waals surface area contributed by atoms with E-state index in [0.29, 0.717) is 19.4 Å². The minimum absolute atomic E-state index is 0.0156. The van der Waals surface area contributed by atoms with Crippen LogP contribution in [0.15, 0.2) is 0 Å². The van der Waals surface area contributed by atoms with Gasteiger partial charge >= 0.3 is 6.09 Å². The molecule has 0 radical (unpaired) electrons. The van der Waals surface area contributed by atoms with Crippen molar-refractivity contribution < 1.29 is 23.1 Å². The van der Waals surface area contributed by atoms with Gasteiger partial charge in [0, 0.05) is 12.1 Å². The van der Waals surface area contributed by atoms with Crippen molar-refractivity contribution in [3.05, 3.63) is 0 Å². The lowest BCUT2D eigenvalue weighted by Gasteiger charge is -2.51. The molecule has 7 nitrogen and oxygen atoms in total. The molecule has 0 aromatic heterocycles. The van der Waals surface area contributed by atoms with Gasteiger partial charge in [-0.05, 0) is 46.5 Å². The molecule has 8 heteroatoms. The van der Waals surface area contributed by atoms with Crippen LogP contribution < -0.4 is 5.73 Å². The van der Waals surface area contributed by atoms with E-state index in [1.807, 2.05) is 0 Å². The SMILES string of the molecule is CC(C)(C)OC(=O)N1CCCC(O)(C2(N)CCS(=O)(=O)CC2)C1. The van der Waals surface area contributed by atoms with Gasteiger partial charge in [0.05, 0.1) is 18.1 Å². The number of ether oxygens (including phenoxy) is 1. The van der Waals surface area contributed by atoms with Crippen LogP contribution in [0.2, 0.25) is 0 Å². The van der Waals surface area contributed by atoms with E-state index < -0.39 is 32.7 Å². The number of nitrogens with zero attached hydrogens (tertiary/aromatic N) is 1. The van der Waals surface area contributed by atoms with Crippen molar-refractivity contribution in [2.24, 2.45) is 5.73 Å². The van der Waals surface area contributed by atoms with Crippen LogP contribution in [0.4, 0.5) is 4.79 Å². The van der Waals surface area contributed by atoms with Crippen molar-refractivity contribution in [2.45, 2.75) is 63.2 Å². The molecule has 2 aliphatic heterocycles. The van der Waals surface area contributed by atoms with Gasteiger partial charge < -0.3 is 20.5 Å². The highest BCUT2D eigenvalue weighted by Gasteiger charge is 2.52. The molecular formula is C15H28N2O5S. The first-order chi connectivity index (χ1) is 10.4. The summed E-state index contributed by atoms with van der Waals surface area (Å²) in [5, 5.41) is 11.1. The molecule has 23 heavy (non-hydrogen) atoms. The summed E-state index contributed by atoms with van der Waals surface area (Å²) in [6.07, 6.45) is 1.04. The normalized spacial score (nSPS) is 30.7. The minimum Gasteiger partial charge on any atom is -0.444 e. The van der Waals surface area contributed by atoms with Crippen molar-refractivity contribution in [2.75, 3.05) is 24.6 Å². The molecule has 2 fully saturated rings. The summed E-state index contributed by atoms with van der Waals surface area (Å²) in [7, 11) is -3.07. The summed E-state index contributed by atoms with van der Waals surface area (Å²) in [4.78, 5) is 13.7. The van der Waals surface area contributed by atoms with Crippen LogP contribution in [-0.2, 0) is 14.6 Å². The zero-order chi connectivity index (χ0) is 17.5. The Balaban J connectivity index is 2.11. The van der Waals surface area contributed by atoms with Crippen LogP contribution in [0.25, 0.3) is 0 Å². The van der Waals surface area contributed by atoms with Crippen molar-refractivity contribution >= 4 is 15.9 Å². The number of nitrogens with two attached hydrogens (primary N) is 1. The monoisotopic (exact) mass is 348 g/mol. The molecule has 0 aromatic rings. The molecule has 1 amide bonds. The third-order valence-electron chi connectivity index (χ3n) is 4.77. The molecule has 0 saturated carbocycles. The third kappa shape index (κ3) is 4.16. The van der Waals surface area contributed by atoms with Crippen LogP contribution in [0.5, 0.6) is 0 Å². The van der Waals surface area contributed by atoms with Crippen LogP contribution >= 0.6 is 0 Å². The molecule has 1 unspecified atom stereocenters. The Morgan fingerprint density at radius 1 is 1.22 bits per heavy atom. The average Bonchev–Trinajstić information content (AvgIpc) is 2.40. The highest BCUT2D eigenvalue weighted by molar-refractivity contribution is 7.91. The molecule has 0 spiro atoms. The second kappa shape index (κ2) is 5.89. The topological polar surface area (TPSA) is 110 Å². The Bertz CT molecular complexity index is 555. The molecule has 1 atom stereocenters. The summed E-state index contributed by atoms with van der Waals surface area (Å²) in [6, 6.07) is 0. The Hall–Kier alpha value is -0.860. The van der Waals surface area contributed by atoms with Gasteiger partial charge in [-0.15, -0.1) is 0 Å². The Kier molecular flexibility index (Phi) is 4.74. The number of carbonyl (C=O) groups is 1. The largest absolute Gasteiger partial charge is 0.444 e. The number of hydrogen-bond acceptors (Lipinski definition) is 6. The highest BCUT2D eigenvalue weighted by Crippen LogP contribution is 2.38. The smallest absolute Gasteiger partial charge is 0.410 e. The van der Waals surface area contributed by atoms with Gasteiger partial charge in [0.2, 0.25) is 0 Å². The minimum atomic E-state index is -3.07. The van der Waals surface area contributed by atoms with E-state index in [1.165, 1.54) is 4.90 Å².